The second kappa shape index (κ2) is 12.4. The highest BCUT2D eigenvalue weighted by Gasteiger charge is 2.25. The average molecular weight is 453 g/mol. The minimum absolute atomic E-state index is 0.787. The molecular weight excluding hydrogens is 396 g/mol. The molecule has 6 heteroatoms. The monoisotopic (exact) mass is 452 g/mol. The van der Waals surface area contributed by atoms with E-state index < -0.39 is 0 Å². The lowest BCUT2D eigenvalue weighted by Gasteiger charge is -2.35. The lowest BCUT2D eigenvalue weighted by atomic mass is 10.2. The fourth-order valence-corrected chi connectivity index (χ4v) is 4.57. The van der Waals surface area contributed by atoms with E-state index in [1.807, 2.05) is 0 Å². The molecule has 1 aromatic rings. The van der Waals surface area contributed by atoms with E-state index >= 15 is 0 Å². The summed E-state index contributed by atoms with van der Waals surface area (Å²) >= 11 is 0. The molecule has 0 fully saturated rings. The molecule has 0 aromatic heterocycles. The fraction of sp³-hybridized carbons (Fsp3) is 0.769. The molecule has 0 bridgehead atoms. The Morgan fingerprint density at radius 2 is 0.750 bits per heavy atom. The molecule has 0 amide bonds. The van der Waals surface area contributed by atoms with Crippen LogP contribution < -0.4 is 20.4 Å². The molecule has 0 radical (unpaired) electrons. The summed E-state index contributed by atoms with van der Waals surface area (Å²) in [6, 6.07) is 9.35. The third kappa shape index (κ3) is 10.3. The summed E-state index contributed by atoms with van der Waals surface area (Å²) in [4.78, 5) is 0. The highest BCUT2D eigenvalue weighted by molar-refractivity contribution is 5.52. The minimum Gasteiger partial charge on any atom is -0.330 e. The molecule has 0 aliphatic heterocycles. The van der Waals surface area contributed by atoms with Crippen LogP contribution in [-0.2, 0) is 0 Å². The van der Waals surface area contributed by atoms with Gasteiger partial charge in [0.2, 0.25) is 0 Å². The lowest BCUT2D eigenvalue weighted by molar-refractivity contribution is -0.890. The van der Waals surface area contributed by atoms with Gasteiger partial charge in [0.15, 0.2) is 0 Å². The molecule has 0 aliphatic rings. The van der Waals surface area contributed by atoms with Crippen LogP contribution in [0.5, 0.6) is 0 Å². The molecule has 0 spiro atoms. The number of nitrogens with zero attached hydrogens (tertiary/aromatic N) is 4. The van der Waals surface area contributed by atoms with Gasteiger partial charge in [-0.2, -0.15) is 0 Å². The van der Waals surface area contributed by atoms with Crippen LogP contribution in [0.2, 0.25) is 0 Å². The van der Waals surface area contributed by atoms with Crippen molar-refractivity contribution in [1.82, 2.24) is 8.97 Å². The van der Waals surface area contributed by atoms with Crippen LogP contribution in [0.1, 0.15) is 25.7 Å². The van der Waals surface area contributed by atoms with Crippen LogP contribution in [0.3, 0.4) is 0 Å². The summed E-state index contributed by atoms with van der Waals surface area (Å²) in [5.41, 5.74) is 14.2. The number of benzene rings is 1. The number of rotatable bonds is 16. The van der Waals surface area contributed by atoms with E-state index in [1.54, 1.807) is 0 Å². The van der Waals surface area contributed by atoms with E-state index in [2.05, 4.69) is 80.6 Å². The summed E-state index contributed by atoms with van der Waals surface area (Å²) in [5.74, 6) is 0. The zero-order chi connectivity index (χ0) is 24.5. The van der Waals surface area contributed by atoms with Crippen LogP contribution in [0, 0.1) is 0 Å². The van der Waals surface area contributed by atoms with E-state index in [0.29, 0.717) is 0 Å². The molecule has 0 saturated heterocycles. The SMILES string of the molecule is C[N+](C)(CCCN)CCC[N+](C)(C)c1ccc([N+](C)(C)CCC[N+](C)(C)CCCN)cc1. The molecule has 32 heavy (non-hydrogen) atoms. The Morgan fingerprint density at radius 1 is 0.469 bits per heavy atom. The maximum Gasteiger partial charge on any atom is 0.132 e. The number of quaternary nitrogens is 4. The van der Waals surface area contributed by atoms with Crippen LogP contribution >= 0.6 is 0 Å². The van der Waals surface area contributed by atoms with Crippen LogP contribution in [0.15, 0.2) is 24.3 Å². The smallest absolute Gasteiger partial charge is 0.132 e. The Labute approximate surface area is 199 Å². The standard InChI is InChI=1S/C26H56N6/c1-29(2,19-9-17-27)21-11-23-31(5,6)25-13-15-26(16-14-25)32(7,8)24-12-22-30(3,4)20-10-18-28/h13-16H,9-12,17-24,27-28H2,1-8H3/q+4. The zero-order valence-corrected chi connectivity index (χ0v) is 22.7. The molecule has 4 N–H and O–H groups in total. The Morgan fingerprint density at radius 3 is 1.03 bits per heavy atom. The molecule has 0 saturated carbocycles. The molecule has 1 rings (SSSR count). The van der Waals surface area contributed by atoms with E-state index in [-0.39, 0.29) is 0 Å². The van der Waals surface area contributed by atoms with E-state index in [9.17, 15) is 0 Å². The largest absolute Gasteiger partial charge is 0.330 e. The highest BCUT2D eigenvalue weighted by atomic mass is 15.3. The lowest BCUT2D eigenvalue weighted by Crippen LogP contribution is -2.47. The van der Waals surface area contributed by atoms with E-state index in [1.165, 1.54) is 37.3 Å². The second-order valence-electron chi connectivity index (χ2n) is 12.1. The average Bonchev–Trinajstić information content (AvgIpc) is 2.70. The van der Waals surface area contributed by atoms with Crippen molar-refractivity contribution >= 4 is 11.4 Å². The molecule has 0 unspecified atom stereocenters. The van der Waals surface area contributed by atoms with Crippen molar-refractivity contribution in [3.05, 3.63) is 24.3 Å². The topological polar surface area (TPSA) is 52.0 Å². The first-order valence-electron chi connectivity index (χ1n) is 12.6. The number of nitrogens with two attached hydrogens (primary N) is 2. The Bertz CT molecular complexity index is 592. The van der Waals surface area contributed by atoms with Crippen molar-refractivity contribution in [3.63, 3.8) is 0 Å². The van der Waals surface area contributed by atoms with Crippen molar-refractivity contribution in [1.29, 1.82) is 0 Å². The summed E-state index contributed by atoms with van der Waals surface area (Å²) in [7, 11) is 18.6. The fourth-order valence-electron chi connectivity index (χ4n) is 4.57. The predicted octanol–water partition coefficient (Wildman–Crippen LogP) is 2.45. The normalized spacial score (nSPS) is 13.6. The summed E-state index contributed by atoms with van der Waals surface area (Å²) in [5, 5.41) is 0. The summed E-state index contributed by atoms with van der Waals surface area (Å²) in [6.45, 7) is 8.59. The maximum atomic E-state index is 5.70. The summed E-state index contributed by atoms with van der Waals surface area (Å²) in [6.07, 6.45) is 4.63. The zero-order valence-electron chi connectivity index (χ0n) is 22.7. The molecular formula is C26H56N6+4. The van der Waals surface area contributed by atoms with E-state index in [4.69, 9.17) is 11.5 Å². The van der Waals surface area contributed by atoms with Gasteiger partial charge in [-0.1, -0.05) is 0 Å². The maximum absolute atomic E-state index is 5.70. The van der Waals surface area contributed by atoms with Gasteiger partial charge in [0.25, 0.3) is 0 Å². The molecule has 0 aliphatic carbocycles. The van der Waals surface area contributed by atoms with Crippen molar-refractivity contribution in [2.45, 2.75) is 25.7 Å². The second-order valence-corrected chi connectivity index (χ2v) is 12.1. The molecule has 0 atom stereocenters. The van der Waals surface area contributed by atoms with Gasteiger partial charge in [-0.05, 0) is 13.1 Å². The van der Waals surface area contributed by atoms with Gasteiger partial charge in [-0.15, -0.1) is 0 Å². The van der Waals surface area contributed by atoms with Gasteiger partial charge in [0, 0.05) is 49.9 Å². The van der Waals surface area contributed by atoms with E-state index in [0.717, 1.165) is 70.0 Å². The first-order chi connectivity index (χ1) is 14.7. The third-order valence-corrected chi connectivity index (χ3v) is 7.14. The van der Waals surface area contributed by atoms with Crippen molar-refractivity contribution in [3.8, 4) is 0 Å². The van der Waals surface area contributed by atoms with Crippen LogP contribution in [0.25, 0.3) is 0 Å². The predicted molar refractivity (Wildman–Crippen MR) is 144 cm³/mol. The van der Waals surface area contributed by atoms with Crippen molar-refractivity contribution in [2.24, 2.45) is 11.5 Å². The Balaban J connectivity index is 2.63. The molecule has 0 heterocycles. The molecule has 6 nitrogen and oxygen atoms in total. The van der Waals surface area contributed by atoms with Crippen LogP contribution in [-0.4, -0.2) is 118 Å². The van der Waals surface area contributed by atoms with Crippen LogP contribution in [0.4, 0.5) is 11.4 Å². The molecule has 1 aromatic carbocycles. The van der Waals surface area contributed by atoms with Crippen molar-refractivity contribution < 1.29 is 8.97 Å². The van der Waals surface area contributed by atoms with Crippen molar-refractivity contribution in [2.75, 3.05) is 109 Å². The highest BCUT2D eigenvalue weighted by Crippen LogP contribution is 2.26. The first-order valence-corrected chi connectivity index (χ1v) is 12.6. The minimum atomic E-state index is 0.787. The summed E-state index contributed by atoms with van der Waals surface area (Å²) < 4.78 is 3.97. The number of hydrogen-bond donors (Lipinski definition) is 2. The van der Waals surface area contributed by atoms with Gasteiger partial charge in [0.1, 0.15) is 11.4 Å². The Hall–Kier alpha value is -1.02. The van der Waals surface area contributed by atoms with Gasteiger partial charge < -0.3 is 20.4 Å². The quantitative estimate of drug-likeness (QED) is 0.379. The van der Waals surface area contributed by atoms with Gasteiger partial charge in [-0.25, -0.2) is 0 Å². The third-order valence-electron chi connectivity index (χ3n) is 7.14. The number of hydrogen-bond acceptors (Lipinski definition) is 2. The first kappa shape index (κ1) is 29.0. The molecule has 186 valence electrons. The van der Waals surface area contributed by atoms with Gasteiger partial charge in [0.05, 0.1) is 95.6 Å². The van der Waals surface area contributed by atoms with Gasteiger partial charge >= 0.3 is 0 Å². The van der Waals surface area contributed by atoms with Gasteiger partial charge in [-0.3, -0.25) is 8.97 Å². The Kier molecular flexibility index (Phi) is 11.3.